The minimum Gasteiger partial charge on any atom is -0.258 e. The van der Waals surface area contributed by atoms with Gasteiger partial charge in [0.25, 0.3) is 0 Å². The summed E-state index contributed by atoms with van der Waals surface area (Å²) < 4.78 is 43.5. The molecule has 4 N–H and O–H groups in total. The van der Waals surface area contributed by atoms with Gasteiger partial charge >= 0.3 is 6.03 Å². The van der Waals surface area contributed by atoms with Gasteiger partial charge in [0.1, 0.15) is 0 Å². The second-order valence-electron chi connectivity index (χ2n) is 2.59. The van der Waals surface area contributed by atoms with Gasteiger partial charge in [-0.1, -0.05) is 0 Å². The van der Waals surface area contributed by atoms with Crippen LogP contribution in [0.1, 0.15) is 13.8 Å². The topological polar surface area (TPSA) is 133 Å². The summed E-state index contributed by atoms with van der Waals surface area (Å²) in [7, 11) is -7.15. The number of carbonyl (C=O) groups excluding carboxylic acids is 1. The first kappa shape index (κ1) is 15.1. The van der Waals surface area contributed by atoms with Crippen molar-refractivity contribution in [1.29, 1.82) is 0 Å². The van der Waals surface area contributed by atoms with Crippen molar-refractivity contribution in [3.63, 3.8) is 0 Å². The largest absolute Gasteiger partial charge is 0.345 e. The molecule has 0 heterocycles. The van der Waals surface area contributed by atoms with Crippen molar-refractivity contribution in [2.75, 3.05) is 11.5 Å². The van der Waals surface area contributed by atoms with Gasteiger partial charge in [0.2, 0.25) is 20.0 Å². The van der Waals surface area contributed by atoms with E-state index in [0.29, 0.717) is 0 Å². The zero-order valence-corrected chi connectivity index (χ0v) is 10.4. The van der Waals surface area contributed by atoms with E-state index in [-0.39, 0.29) is 11.5 Å². The van der Waals surface area contributed by atoms with Gasteiger partial charge in [0, 0.05) is 0 Å². The normalized spacial score (nSPS) is 12.1. The third kappa shape index (κ3) is 6.55. The van der Waals surface area contributed by atoms with Crippen LogP contribution < -0.4 is 20.5 Å². The summed E-state index contributed by atoms with van der Waals surface area (Å²) in [6.07, 6.45) is 0. The Kier molecular flexibility index (Phi) is 5.64. The van der Waals surface area contributed by atoms with Crippen LogP contribution in [0.4, 0.5) is 4.79 Å². The summed E-state index contributed by atoms with van der Waals surface area (Å²) in [5.74, 6) is -0.429. The summed E-state index contributed by atoms with van der Waals surface area (Å²) in [6, 6.07) is -1.03. The number of hydrazine groups is 2. The monoisotopic (exact) mass is 274 g/mol. The van der Waals surface area contributed by atoms with Crippen molar-refractivity contribution in [1.82, 2.24) is 20.5 Å². The fourth-order valence-electron chi connectivity index (χ4n) is 0.424. The molecule has 2 amide bonds. The molecule has 0 unspecified atom stereocenters. The molecule has 0 saturated carbocycles. The third-order valence-corrected chi connectivity index (χ3v) is 3.75. The molecule has 0 spiro atoms. The molecule has 0 fully saturated rings. The second-order valence-corrected chi connectivity index (χ2v) is 6.61. The zero-order valence-electron chi connectivity index (χ0n) is 8.77. The van der Waals surface area contributed by atoms with E-state index >= 15 is 0 Å². The van der Waals surface area contributed by atoms with Gasteiger partial charge in [0.05, 0.1) is 11.5 Å². The third-order valence-electron chi connectivity index (χ3n) is 1.40. The Morgan fingerprint density at radius 2 is 1.19 bits per heavy atom. The Hall–Kier alpha value is -0.910. The second kappa shape index (κ2) is 5.98. The highest BCUT2D eigenvalue weighted by Crippen LogP contribution is 1.79. The molecule has 0 saturated heterocycles. The first-order chi connectivity index (χ1) is 7.22. The number of hydrogen-bond acceptors (Lipinski definition) is 5. The van der Waals surface area contributed by atoms with Crippen molar-refractivity contribution in [2.24, 2.45) is 0 Å². The van der Waals surface area contributed by atoms with E-state index in [1.807, 2.05) is 0 Å². The summed E-state index contributed by atoms with van der Waals surface area (Å²) >= 11 is 0. The molecular weight excluding hydrogens is 260 g/mol. The molecule has 0 aromatic rings. The predicted molar refractivity (Wildman–Crippen MR) is 56.9 cm³/mol. The molecule has 11 heteroatoms. The van der Waals surface area contributed by atoms with Crippen LogP contribution in [0.3, 0.4) is 0 Å². The number of sulfonamides is 2. The molecule has 96 valence electrons. The average Bonchev–Trinajstić information content (AvgIpc) is 2.24. The van der Waals surface area contributed by atoms with Gasteiger partial charge in [-0.25, -0.2) is 21.6 Å². The van der Waals surface area contributed by atoms with Gasteiger partial charge in [-0.2, -0.15) is 0 Å². The lowest BCUT2D eigenvalue weighted by molar-refractivity contribution is 0.237. The minimum atomic E-state index is -3.57. The highest BCUT2D eigenvalue weighted by molar-refractivity contribution is 7.89. The SMILES string of the molecule is CCS(=O)(=O)NNC(=O)NNS(=O)(=O)CC. The fraction of sp³-hybridized carbons (Fsp3) is 0.800. The van der Waals surface area contributed by atoms with E-state index in [9.17, 15) is 21.6 Å². The lowest BCUT2D eigenvalue weighted by Crippen LogP contribution is -2.52. The van der Waals surface area contributed by atoms with E-state index in [1.165, 1.54) is 13.8 Å². The number of urea groups is 1. The van der Waals surface area contributed by atoms with Crippen LogP contribution in [-0.4, -0.2) is 34.4 Å². The van der Waals surface area contributed by atoms with Gasteiger partial charge in [-0.15, -0.1) is 9.66 Å². The van der Waals surface area contributed by atoms with E-state index in [2.05, 4.69) is 0 Å². The Bertz CT molecular complexity index is 388. The Labute approximate surface area is 94.0 Å². The first-order valence-corrected chi connectivity index (χ1v) is 7.58. The number of amides is 2. The van der Waals surface area contributed by atoms with Crippen LogP contribution in [0.5, 0.6) is 0 Å². The molecule has 0 aliphatic rings. The van der Waals surface area contributed by atoms with Crippen LogP contribution in [0.2, 0.25) is 0 Å². The van der Waals surface area contributed by atoms with Crippen LogP contribution in [-0.2, 0) is 20.0 Å². The van der Waals surface area contributed by atoms with Crippen molar-refractivity contribution in [3.05, 3.63) is 0 Å². The van der Waals surface area contributed by atoms with Gasteiger partial charge in [-0.3, -0.25) is 10.9 Å². The lowest BCUT2D eigenvalue weighted by atomic mass is 11.0. The van der Waals surface area contributed by atoms with Crippen LogP contribution in [0, 0.1) is 0 Å². The smallest absolute Gasteiger partial charge is 0.258 e. The van der Waals surface area contributed by atoms with E-state index < -0.39 is 26.1 Å². The lowest BCUT2D eigenvalue weighted by Gasteiger charge is -2.08. The molecule has 0 aromatic carbocycles. The highest BCUT2D eigenvalue weighted by atomic mass is 32.2. The summed E-state index contributed by atoms with van der Waals surface area (Å²) in [5, 5.41) is 0. The zero-order chi connectivity index (χ0) is 12.8. The standard InChI is InChI=1S/C5H14N4O5S2/c1-3-15(11,12)8-6-5(10)7-9-16(13,14)4-2/h8-9H,3-4H2,1-2H3,(H2,6,7,10). The fourth-order valence-corrected chi connectivity index (χ4v) is 1.21. The first-order valence-electron chi connectivity index (χ1n) is 4.27. The van der Waals surface area contributed by atoms with Crippen molar-refractivity contribution in [2.45, 2.75) is 13.8 Å². The maximum absolute atomic E-state index is 10.9. The van der Waals surface area contributed by atoms with E-state index in [4.69, 9.17) is 0 Å². The summed E-state index contributed by atoms with van der Waals surface area (Å²) in [4.78, 5) is 14.4. The number of rotatable bonds is 6. The Morgan fingerprint density at radius 1 is 0.875 bits per heavy atom. The van der Waals surface area contributed by atoms with Crippen molar-refractivity contribution < 1.29 is 21.6 Å². The number of nitrogens with one attached hydrogen (secondary N) is 4. The molecule has 0 aliphatic heterocycles. The highest BCUT2D eigenvalue weighted by Gasteiger charge is 2.10. The predicted octanol–water partition coefficient (Wildman–Crippen LogP) is -2.01. The maximum Gasteiger partial charge on any atom is 0.345 e. The van der Waals surface area contributed by atoms with Crippen LogP contribution >= 0.6 is 0 Å². The van der Waals surface area contributed by atoms with Gasteiger partial charge in [-0.05, 0) is 13.8 Å². The molecule has 9 nitrogen and oxygen atoms in total. The molecule has 16 heavy (non-hydrogen) atoms. The number of carbonyl (C=O) groups is 1. The molecular formula is C5H14N4O5S2. The number of hydrogen-bond donors (Lipinski definition) is 4. The van der Waals surface area contributed by atoms with Crippen molar-refractivity contribution in [3.8, 4) is 0 Å². The molecule has 0 rings (SSSR count). The Morgan fingerprint density at radius 3 is 1.44 bits per heavy atom. The van der Waals surface area contributed by atoms with Gasteiger partial charge < -0.3 is 0 Å². The summed E-state index contributed by atoms with van der Waals surface area (Å²) in [6.45, 7) is 2.75. The average molecular weight is 274 g/mol. The minimum absolute atomic E-state index is 0.214. The quantitative estimate of drug-likeness (QED) is 0.415. The molecule has 0 bridgehead atoms. The molecule has 0 aliphatic carbocycles. The van der Waals surface area contributed by atoms with Crippen LogP contribution in [0.25, 0.3) is 0 Å². The van der Waals surface area contributed by atoms with E-state index in [1.54, 1.807) is 20.5 Å². The van der Waals surface area contributed by atoms with Gasteiger partial charge in [0.15, 0.2) is 0 Å². The van der Waals surface area contributed by atoms with Crippen molar-refractivity contribution >= 4 is 26.1 Å². The van der Waals surface area contributed by atoms with Crippen LogP contribution in [0.15, 0.2) is 0 Å². The molecule has 0 atom stereocenters. The molecule has 0 aromatic heterocycles. The molecule has 0 radical (unpaired) electrons. The summed E-state index contributed by atoms with van der Waals surface area (Å²) in [5.41, 5.74) is 3.51. The Balaban J connectivity index is 4.04. The maximum atomic E-state index is 10.9. The van der Waals surface area contributed by atoms with E-state index in [0.717, 1.165) is 0 Å².